The van der Waals surface area contributed by atoms with Crippen molar-refractivity contribution in [3.05, 3.63) is 86.0 Å². The Morgan fingerprint density at radius 2 is 1.83 bits per heavy atom. The SMILES string of the molecule is CC#CCn1c(N2CCC[C@@H](N)C2)nc2c1c(=O)n(Cc1ccc(Cl)cc1)c(=O)n2-c1ccccc1. The first-order chi connectivity index (χ1) is 17.5. The van der Waals surface area contributed by atoms with E-state index in [1.54, 1.807) is 19.1 Å². The minimum Gasteiger partial charge on any atom is -0.341 e. The second kappa shape index (κ2) is 10.1. The van der Waals surface area contributed by atoms with Crippen molar-refractivity contribution in [2.75, 3.05) is 18.0 Å². The molecule has 8 nitrogen and oxygen atoms in total. The van der Waals surface area contributed by atoms with Crippen molar-refractivity contribution in [2.45, 2.75) is 38.9 Å². The lowest BCUT2D eigenvalue weighted by molar-refractivity contribution is 0.496. The molecule has 4 aromatic rings. The Hall–Kier alpha value is -3.80. The highest BCUT2D eigenvalue weighted by molar-refractivity contribution is 6.30. The predicted molar refractivity (Wildman–Crippen MR) is 143 cm³/mol. The van der Waals surface area contributed by atoms with Gasteiger partial charge in [0.05, 0.1) is 18.8 Å². The van der Waals surface area contributed by atoms with Crippen LogP contribution in [0.15, 0.2) is 64.2 Å². The molecule has 5 rings (SSSR count). The summed E-state index contributed by atoms with van der Waals surface area (Å²) in [4.78, 5) is 34.7. The molecule has 9 heteroatoms. The summed E-state index contributed by atoms with van der Waals surface area (Å²) in [6.45, 7) is 3.53. The molecule has 3 heterocycles. The first-order valence-corrected chi connectivity index (χ1v) is 12.3. The summed E-state index contributed by atoms with van der Waals surface area (Å²) >= 11 is 6.04. The van der Waals surface area contributed by atoms with Crippen LogP contribution < -0.4 is 21.9 Å². The van der Waals surface area contributed by atoms with Crippen LogP contribution in [-0.4, -0.2) is 37.8 Å². The van der Waals surface area contributed by atoms with Crippen LogP contribution in [0.5, 0.6) is 0 Å². The van der Waals surface area contributed by atoms with Crippen molar-refractivity contribution < 1.29 is 0 Å². The Balaban J connectivity index is 1.81. The zero-order valence-electron chi connectivity index (χ0n) is 20.0. The van der Waals surface area contributed by atoms with Crippen molar-refractivity contribution in [1.82, 2.24) is 18.7 Å². The summed E-state index contributed by atoms with van der Waals surface area (Å²) in [5, 5.41) is 0.587. The van der Waals surface area contributed by atoms with Gasteiger partial charge in [-0.3, -0.25) is 13.9 Å². The Morgan fingerprint density at radius 1 is 1.08 bits per heavy atom. The minimum absolute atomic E-state index is 0.0159. The topological polar surface area (TPSA) is 91.1 Å². The molecule has 0 unspecified atom stereocenters. The van der Waals surface area contributed by atoms with Gasteiger partial charge in [0, 0.05) is 24.2 Å². The maximum Gasteiger partial charge on any atom is 0.337 e. The standard InChI is InChI=1S/C27H27ClN6O2/c1-2-3-16-32-23-24(30-26(32)31-15-7-8-21(29)18-31)34(22-9-5-4-6-10-22)27(36)33(25(23)35)17-19-11-13-20(28)14-12-19/h4-6,9-14,21H,7-8,15-18,29H2,1H3/t21-/m1/s1. The molecule has 36 heavy (non-hydrogen) atoms. The zero-order chi connectivity index (χ0) is 25.2. The molecule has 0 spiro atoms. The van der Waals surface area contributed by atoms with Gasteiger partial charge in [0.25, 0.3) is 5.56 Å². The van der Waals surface area contributed by atoms with E-state index in [4.69, 9.17) is 22.3 Å². The molecule has 2 aromatic heterocycles. The molecule has 2 aromatic carbocycles. The fourth-order valence-corrected chi connectivity index (χ4v) is 4.81. The number of para-hydroxylation sites is 1. The average Bonchev–Trinajstić information content (AvgIpc) is 3.26. The largest absolute Gasteiger partial charge is 0.341 e. The summed E-state index contributed by atoms with van der Waals surface area (Å²) in [5.41, 5.74) is 7.48. The fraction of sp³-hybridized carbons (Fsp3) is 0.296. The van der Waals surface area contributed by atoms with Crippen LogP contribution in [-0.2, 0) is 13.1 Å². The number of rotatable bonds is 5. The molecule has 0 saturated carbocycles. The Labute approximate surface area is 213 Å². The van der Waals surface area contributed by atoms with E-state index in [0.717, 1.165) is 24.9 Å². The van der Waals surface area contributed by atoms with Crippen molar-refractivity contribution in [2.24, 2.45) is 5.73 Å². The molecule has 1 fully saturated rings. The molecule has 2 N–H and O–H groups in total. The van der Waals surface area contributed by atoms with Crippen molar-refractivity contribution >= 4 is 28.7 Å². The Morgan fingerprint density at radius 3 is 2.53 bits per heavy atom. The molecule has 0 radical (unpaired) electrons. The van der Waals surface area contributed by atoms with Gasteiger partial charge in [0.2, 0.25) is 5.95 Å². The van der Waals surface area contributed by atoms with Crippen molar-refractivity contribution in [1.29, 1.82) is 0 Å². The summed E-state index contributed by atoms with van der Waals surface area (Å²) in [7, 11) is 0. The van der Waals surface area contributed by atoms with Crippen LogP contribution in [0.3, 0.4) is 0 Å². The van der Waals surface area contributed by atoms with E-state index >= 15 is 0 Å². The number of piperidine rings is 1. The van der Waals surface area contributed by atoms with Gasteiger partial charge in [-0.15, -0.1) is 5.92 Å². The first-order valence-electron chi connectivity index (χ1n) is 11.9. The molecule has 0 amide bonds. The number of halogens is 1. The van der Waals surface area contributed by atoms with Gasteiger partial charge in [0.1, 0.15) is 0 Å². The number of imidazole rings is 1. The third-order valence-corrected chi connectivity index (χ3v) is 6.69. The molecular weight excluding hydrogens is 476 g/mol. The third-order valence-electron chi connectivity index (χ3n) is 6.43. The van der Waals surface area contributed by atoms with E-state index < -0.39 is 11.2 Å². The lowest BCUT2D eigenvalue weighted by atomic mass is 10.1. The predicted octanol–water partition coefficient (Wildman–Crippen LogP) is 3.00. The van der Waals surface area contributed by atoms with E-state index in [1.165, 1.54) is 9.13 Å². The highest BCUT2D eigenvalue weighted by Gasteiger charge is 2.27. The van der Waals surface area contributed by atoms with E-state index in [9.17, 15) is 9.59 Å². The minimum atomic E-state index is -0.457. The monoisotopic (exact) mass is 502 g/mol. The number of hydrogen-bond acceptors (Lipinski definition) is 5. The van der Waals surface area contributed by atoms with E-state index in [2.05, 4.69) is 16.7 Å². The number of anilines is 1. The van der Waals surface area contributed by atoms with E-state index in [0.29, 0.717) is 34.4 Å². The van der Waals surface area contributed by atoms with Crippen LogP contribution in [0.4, 0.5) is 5.95 Å². The maximum atomic E-state index is 13.9. The number of fused-ring (bicyclic) bond motifs is 1. The summed E-state index contributed by atoms with van der Waals surface area (Å²) < 4.78 is 4.58. The van der Waals surface area contributed by atoms with E-state index in [-0.39, 0.29) is 19.1 Å². The molecule has 0 bridgehead atoms. The van der Waals surface area contributed by atoms with Gasteiger partial charge >= 0.3 is 5.69 Å². The second-order valence-electron chi connectivity index (χ2n) is 8.92. The number of aromatic nitrogens is 4. The average molecular weight is 503 g/mol. The molecule has 0 aliphatic carbocycles. The quantitative estimate of drug-likeness (QED) is 0.424. The lowest BCUT2D eigenvalue weighted by Crippen LogP contribution is -2.44. The van der Waals surface area contributed by atoms with Crippen LogP contribution in [0.2, 0.25) is 5.02 Å². The lowest BCUT2D eigenvalue weighted by Gasteiger charge is -2.31. The smallest absolute Gasteiger partial charge is 0.337 e. The Kier molecular flexibility index (Phi) is 6.68. The fourth-order valence-electron chi connectivity index (χ4n) is 4.68. The van der Waals surface area contributed by atoms with Gasteiger partial charge in [-0.05, 0) is 49.6 Å². The number of hydrogen-bond donors (Lipinski definition) is 1. The maximum absolute atomic E-state index is 13.9. The van der Waals surface area contributed by atoms with Crippen LogP contribution >= 0.6 is 11.6 Å². The first kappa shape index (κ1) is 23.9. The summed E-state index contributed by atoms with van der Waals surface area (Å²) in [5.74, 6) is 6.59. The molecule has 1 aliphatic heterocycles. The van der Waals surface area contributed by atoms with Crippen molar-refractivity contribution in [3.63, 3.8) is 0 Å². The van der Waals surface area contributed by atoms with Gasteiger partial charge in [-0.25, -0.2) is 9.36 Å². The van der Waals surface area contributed by atoms with E-state index in [1.807, 2.05) is 47.0 Å². The molecule has 1 saturated heterocycles. The Bertz CT molecular complexity index is 1580. The molecule has 1 atom stereocenters. The van der Waals surface area contributed by atoms with Gasteiger partial charge in [0.15, 0.2) is 11.2 Å². The molecular formula is C27H27ClN6O2. The number of benzene rings is 2. The second-order valence-corrected chi connectivity index (χ2v) is 9.35. The highest BCUT2D eigenvalue weighted by atomic mass is 35.5. The van der Waals surface area contributed by atoms with Crippen LogP contribution in [0, 0.1) is 11.8 Å². The molecule has 184 valence electrons. The summed E-state index contributed by atoms with van der Waals surface area (Å²) in [6, 6.07) is 16.4. The highest BCUT2D eigenvalue weighted by Crippen LogP contribution is 2.24. The normalized spacial score (nSPS) is 15.6. The van der Waals surface area contributed by atoms with Crippen molar-refractivity contribution in [3.8, 4) is 17.5 Å². The number of nitrogens with zero attached hydrogens (tertiary/aromatic N) is 5. The van der Waals surface area contributed by atoms with Crippen LogP contribution in [0.25, 0.3) is 16.9 Å². The van der Waals surface area contributed by atoms with Crippen LogP contribution in [0.1, 0.15) is 25.3 Å². The van der Waals surface area contributed by atoms with Gasteiger partial charge in [-0.1, -0.05) is 47.9 Å². The third kappa shape index (κ3) is 4.43. The molecule has 1 aliphatic rings. The number of nitrogens with two attached hydrogens (primary N) is 1. The van der Waals surface area contributed by atoms with Gasteiger partial charge in [-0.2, -0.15) is 4.98 Å². The summed E-state index contributed by atoms with van der Waals surface area (Å²) in [6.07, 6.45) is 1.87. The zero-order valence-corrected chi connectivity index (χ0v) is 20.8. The van der Waals surface area contributed by atoms with Gasteiger partial charge < -0.3 is 10.6 Å².